The Hall–Kier alpha value is -1.84. The molecule has 0 fully saturated rings. The third-order valence-corrected chi connectivity index (χ3v) is 3.44. The first-order valence-electron chi connectivity index (χ1n) is 6.15. The van der Waals surface area contributed by atoms with E-state index in [9.17, 15) is 0 Å². The molecule has 96 valence electrons. The summed E-state index contributed by atoms with van der Waals surface area (Å²) in [4.78, 5) is 4.48. The molecule has 0 saturated carbocycles. The molecular weight excluding hydrogens is 258 g/mol. The Balaban J connectivity index is 1.95. The summed E-state index contributed by atoms with van der Waals surface area (Å²) in [5.41, 5.74) is 9.03. The topological polar surface area (TPSA) is 43.3 Å². The second kappa shape index (κ2) is 5.03. The van der Waals surface area contributed by atoms with Crippen LogP contribution in [0.1, 0.15) is 17.0 Å². The standard InChI is InChI=1S/C15H14ClN3/c16-13-3-1-11(2-4-13)8-15-18-10-14-7-12(9-17)5-6-19(14)15/h1-7,10H,8-9,17H2. The molecule has 0 aliphatic carbocycles. The number of nitrogens with two attached hydrogens (primary N) is 1. The summed E-state index contributed by atoms with van der Waals surface area (Å²) < 4.78 is 2.09. The number of nitrogens with zero attached hydrogens (tertiary/aromatic N) is 2. The van der Waals surface area contributed by atoms with E-state index < -0.39 is 0 Å². The van der Waals surface area contributed by atoms with Crippen LogP contribution < -0.4 is 5.73 Å². The highest BCUT2D eigenvalue weighted by Crippen LogP contribution is 2.15. The van der Waals surface area contributed by atoms with E-state index in [0.717, 1.165) is 28.3 Å². The first kappa shape index (κ1) is 12.2. The molecule has 19 heavy (non-hydrogen) atoms. The quantitative estimate of drug-likeness (QED) is 0.796. The second-order valence-electron chi connectivity index (χ2n) is 4.51. The first-order valence-corrected chi connectivity index (χ1v) is 6.53. The van der Waals surface area contributed by atoms with Gasteiger partial charge in [-0.3, -0.25) is 0 Å². The van der Waals surface area contributed by atoms with Crippen LogP contribution in [-0.2, 0) is 13.0 Å². The number of fused-ring (bicyclic) bond motifs is 1. The highest BCUT2D eigenvalue weighted by atomic mass is 35.5. The molecule has 3 nitrogen and oxygen atoms in total. The van der Waals surface area contributed by atoms with Crippen LogP contribution in [0.2, 0.25) is 5.02 Å². The van der Waals surface area contributed by atoms with Crippen LogP contribution in [0.3, 0.4) is 0 Å². The molecule has 0 aliphatic rings. The highest BCUT2D eigenvalue weighted by Gasteiger charge is 2.05. The van der Waals surface area contributed by atoms with E-state index in [1.165, 1.54) is 5.56 Å². The molecule has 2 N–H and O–H groups in total. The van der Waals surface area contributed by atoms with Crippen molar-refractivity contribution in [1.29, 1.82) is 0 Å². The van der Waals surface area contributed by atoms with Gasteiger partial charge in [-0.25, -0.2) is 4.98 Å². The summed E-state index contributed by atoms with van der Waals surface area (Å²) in [6.45, 7) is 0.550. The summed E-state index contributed by atoms with van der Waals surface area (Å²) in [6, 6.07) is 12.0. The minimum atomic E-state index is 0.550. The minimum Gasteiger partial charge on any atom is -0.326 e. The Morgan fingerprint density at radius 2 is 1.89 bits per heavy atom. The molecule has 0 radical (unpaired) electrons. The van der Waals surface area contributed by atoms with Gasteiger partial charge in [0.2, 0.25) is 0 Å². The van der Waals surface area contributed by atoms with Crippen molar-refractivity contribution in [3.63, 3.8) is 0 Å². The van der Waals surface area contributed by atoms with Crippen LogP contribution >= 0.6 is 11.6 Å². The SMILES string of the molecule is NCc1ccn2c(Cc3ccc(Cl)cc3)ncc2c1. The molecule has 0 amide bonds. The number of benzene rings is 1. The Kier molecular flexibility index (Phi) is 3.23. The number of rotatable bonds is 3. The third kappa shape index (κ3) is 2.48. The summed E-state index contributed by atoms with van der Waals surface area (Å²) in [6.07, 6.45) is 4.69. The zero-order valence-electron chi connectivity index (χ0n) is 10.4. The fourth-order valence-corrected chi connectivity index (χ4v) is 2.27. The Morgan fingerprint density at radius 3 is 2.63 bits per heavy atom. The summed E-state index contributed by atoms with van der Waals surface area (Å²) in [5.74, 6) is 1.01. The van der Waals surface area contributed by atoms with Gasteiger partial charge >= 0.3 is 0 Å². The molecule has 0 unspecified atom stereocenters. The van der Waals surface area contributed by atoms with E-state index in [-0.39, 0.29) is 0 Å². The van der Waals surface area contributed by atoms with Gasteiger partial charge in [0.15, 0.2) is 0 Å². The smallest absolute Gasteiger partial charge is 0.117 e. The van der Waals surface area contributed by atoms with Crippen molar-refractivity contribution < 1.29 is 0 Å². The van der Waals surface area contributed by atoms with Gasteiger partial charge < -0.3 is 10.1 Å². The molecule has 0 spiro atoms. The van der Waals surface area contributed by atoms with Gasteiger partial charge in [-0.15, -0.1) is 0 Å². The lowest BCUT2D eigenvalue weighted by Gasteiger charge is -2.03. The molecule has 2 heterocycles. The van der Waals surface area contributed by atoms with Crippen molar-refractivity contribution in [1.82, 2.24) is 9.38 Å². The summed E-state index contributed by atoms with van der Waals surface area (Å²) in [7, 11) is 0. The zero-order valence-corrected chi connectivity index (χ0v) is 11.1. The van der Waals surface area contributed by atoms with E-state index in [1.807, 2.05) is 42.7 Å². The fraction of sp³-hybridized carbons (Fsp3) is 0.133. The Morgan fingerprint density at radius 1 is 1.11 bits per heavy atom. The van der Waals surface area contributed by atoms with Crippen LogP contribution in [0.15, 0.2) is 48.8 Å². The van der Waals surface area contributed by atoms with Gasteiger partial charge in [-0.1, -0.05) is 23.7 Å². The predicted molar refractivity (Wildman–Crippen MR) is 77.3 cm³/mol. The van der Waals surface area contributed by atoms with Crippen LogP contribution in [0.4, 0.5) is 0 Å². The normalized spacial score (nSPS) is 11.1. The zero-order chi connectivity index (χ0) is 13.2. The highest BCUT2D eigenvalue weighted by molar-refractivity contribution is 6.30. The van der Waals surface area contributed by atoms with Crippen molar-refractivity contribution in [2.75, 3.05) is 0 Å². The van der Waals surface area contributed by atoms with Crippen LogP contribution in [0.5, 0.6) is 0 Å². The molecule has 0 aliphatic heterocycles. The maximum Gasteiger partial charge on any atom is 0.117 e. The Bertz CT molecular complexity index is 701. The van der Waals surface area contributed by atoms with Crippen molar-refractivity contribution in [3.05, 3.63) is 70.8 Å². The van der Waals surface area contributed by atoms with Crippen LogP contribution in [0.25, 0.3) is 5.52 Å². The average Bonchev–Trinajstić information content (AvgIpc) is 2.83. The van der Waals surface area contributed by atoms with Gasteiger partial charge in [0.25, 0.3) is 0 Å². The second-order valence-corrected chi connectivity index (χ2v) is 4.95. The van der Waals surface area contributed by atoms with Crippen molar-refractivity contribution in [2.24, 2.45) is 5.73 Å². The van der Waals surface area contributed by atoms with Crippen LogP contribution in [0, 0.1) is 0 Å². The number of imidazole rings is 1. The monoisotopic (exact) mass is 271 g/mol. The molecule has 4 heteroatoms. The number of hydrogen-bond acceptors (Lipinski definition) is 2. The lowest BCUT2D eigenvalue weighted by molar-refractivity contribution is 0.954. The maximum absolute atomic E-state index is 5.89. The van der Waals surface area contributed by atoms with E-state index in [4.69, 9.17) is 17.3 Å². The molecule has 0 saturated heterocycles. The largest absolute Gasteiger partial charge is 0.326 e. The fourth-order valence-electron chi connectivity index (χ4n) is 2.14. The molecule has 2 aromatic heterocycles. The van der Waals surface area contributed by atoms with E-state index in [0.29, 0.717) is 6.54 Å². The number of halogens is 1. The van der Waals surface area contributed by atoms with Crippen molar-refractivity contribution in [2.45, 2.75) is 13.0 Å². The maximum atomic E-state index is 5.89. The molecule has 0 bridgehead atoms. The lowest BCUT2D eigenvalue weighted by Crippen LogP contribution is -1.99. The third-order valence-electron chi connectivity index (χ3n) is 3.18. The van der Waals surface area contributed by atoms with E-state index >= 15 is 0 Å². The van der Waals surface area contributed by atoms with Gasteiger partial charge in [-0.05, 0) is 35.4 Å². The van der Waals surface area contributed by atoms with Gasteiger partial charge in [0, 0.05) is 24.2 Å². The number of hydrogen-bond donors (Lipinski definition) is 1. The number of aromatic nitrogens is 2. The van der Waals surface area contributed by atoms with Gasteiger partial charge in [-0.2, -0.15) is 0 Å². The lowest BCUT2D eigenvalue weighted by atomic mass is 10.1. The number of pyridine rings is 1. The Labute approximate surface area is 116 Å². The molecule has 0 atom stereocenters. The summed E-state index contributed by atoms with van der Waals surface area (Å²) >= 11 is 5.89. The van der Waals surface area contributed by atoms with Gasteiger partial charge in [0.05, 0.1) is 11.7 Å². The van der Waals surface area contributed by atoms with Gasteiger partial charge in [0.1, 0.15) is 5.82 Å². The molecule has 1 aromatic carbocycles. The average molecular weight is 272 g/mol. The minimum absolute atomic E-state index is 0.550. The van der Waals surface area contributed by atoms with E-state index in [2.05, 4.69) is 15.5 Å². The summed E-state index contributed by atoms with van der Waals surface area (Å²) in [5, 5.41) is 0.754. The molecular formula is C15H14ClN3. The molecule has 3 aromatic rings. The molecule has 3 rings (SSSR count). The van der Waals surface area contributed by atoms with Crippen molar-refractivity contribution in [3.8, 4) is 0 Å². The first-order chi connectivity index (χ1) is 9.26. The van der Waals surface area contributed by atoms with Crippen molar-refractivity contribution >= 4 is 17.1 Å². The predicted octanol–water partition coefficient (Wildman–Crippen LogP) is 3.04. The van der Waals surface area contributed by atoms with E-state index in [1.54, 1.807) is 0 Å². The van der Waals surface area contributed by atoms with Crippen LogP contribution in [-0.4, -0.2) is 9.38 Å².